The van der Waals surface area contributed by atoms with Gasteiger partial charge >= 0.3 is 0 Å². The number of nitrogens with zero attached hydrogens (tertiary/aromatic N) is 1. The molecule has 3 rings (SSSR count). The average Bonchev–Trinajstić information content (AvgIpc) is 2.53. The van der Waals surface area contributed by atoms with E-state index in [0.717, 1.165) is 27.9 Å². The number of methoxy groups -OCH3 is 1. The molecule has 1 N–H and O–H groups in total. The zero-order chi connectivity index (χ0) is 14.7. The Bertz CT molecular complexity index is 774. The van der Waals surface area contributed by atoms with Crippen molar-refractivity contribution in [3.8, 4) is 5.75 Å². The molecule has 0 spiro atoms. The van der Waals surface area contributed by atoms with Crippen LogP contribution in [0, 0.1) is 0 Å². The molecule has 0 unspecified atom stereocenters. The normalized spacial score (nSPS) is 10.6. The van der Waals surface area contributed by atoms with Gasteiger partial charge in [-0.3, -0.25) is 0 Å². The van der Waals surface area contributed by atoms with Gasteiger partial charge < -0.3 is 10.1 Å². The molecule has 0 radical (unpaired) electrons. The molecule has 0 saturated heterocycles. The van der Waals surface area contributed by atoms with Gasteiger partial charge in [-0.15, -0.1) is 0 Å². The lowest BCUT2D eigenvalue weighted by molar-refractivity contribution is 0.416. The lowest BCUT2D eigenvalue weighted by Crippen LogP contribution is -2.02. The highest BCUT2D eigenvalue weighted by atomic mass is 35.5. The molecule has 1 aromatic heterocycles. The van der Waals surface area contributed by atoms with E-state index in [2.05, 4.69) is 16.4 Å². The first-order valence-corrected chi connectivity index (χ1v) is 7.07. The number of ether oxygens (including phenoxy) is 1. The smallest absolute Gasteiger partial charge is 0.141 e. The van der Waals surface area contributed by atoms with Crippen LogP contribution in [0.1, 0.15) is 5.56 Å². The molecule has 0 aliphatic carbocycles. The van der Waals surface area contributed by atoms with Crippen molar-refractivity contribution in [1.29, 1.82) is 0 Å². The summed E-state index contributed by atoms with van der Waals surface area (Å²) in [6, 6.07) is 17.8. The number of anilines is 1. The Hall–Kier alpha value is -2.26. The van der Waals surface area contributed by atoms with E-state index < -0.39 is 0 Å². The molecule has 0 aliphatic rings. The summed E-state index contributed by atoms with van der Waals surface area (Å²) in [7, 11) is 1.66. The first-order chi connectivity index (χ1) is 10.3. The van der Waals surface area contributed by atoms with Crippen molar-refractivity contribution in [3.63, 3.8) is 0 Å². The van der Waals surface area contributed by atoms with Crippen LogP contribution in [0.2, 0.25) is 5.15 Å². The van der Waals surface area contributed by atoms with E-state index in [-0.39, 0.29) is 0 Å². The van der Waals surface area contributed by atoms with Gasteiger partial charge in [-0.1, -0.05) is 41.9 Å². The highest BCUT2D eigenvalue weighted by Crippen LogP contribution is 2.26. The molecule has 21 heavy (non-hydrogen) atoms. The lowest BCUT2D eigenvalue weighted by Gasteiger charge is -2.12. The van der Waals surface area contributed by atoms with E-state index >= 15 is 0 Å². The van der Waals surface area contributed by atoms with Gasteiger partial charge in [0.2, 0.25) is 0 Å². The van der Waals surface area contributed by atoms with Gasteiger partial charge in [-0.05, 0) is 24.3 Å². The molecule has 106 valence electrons. The monoisotopic (exact) mass is 298 g/mol. The van der Waals surface area contributed by atoms with Crippen LogP contribution in [0.4, 0.5) is 5.69 Å². The number of hydrogen-bond acceptors (Lipinski definition) is 3. The summed E-state index contributed by atoms with van der Waals surface area (Å²) in [5, 5.41) is 4.94. The first kappa shape index (κ1) is 13.7. The third-order valence-electron chi connectivity index (χ3n) is 3.33. The fraction of sp³-hybridized carbons (Fsp3) is 0.118. The minimum absolute atomic E-state index is 0.524. The minimum atomic E-state index is 0.524. The Balaban J connectivity index is 1.86. The zero-order valence-electron chi connectivity index (χ0n) is 11.6. The molecule has 0 amide bonds. The third-order valence-corrected chi connectivity index (χ3v) is 3.65. The van der Waals surface area contributed by atoms with Crippen LogP contribution in [-0.2, 0) is 6.54 Å². The van der Waals surface area contributed by atoms with Crippen molar-refractivity contribution in [2.75, 3.05) is 12.4 Å². The highest BCUT2D eigenvalue weighted by Gasteiger charge is 2.06. The van der Waals surface area contributed by atoms with Crippen molar-refractivity contribution in [1.82, 2.24) is 4.98 Å². The Labute approximate surface area is 128 Å². The molecule has 0 saturated carbocycles. The molecule has 1 heterocycles. The SMILES string of the molecule is COc1ccccc1NCc1cc2ccccc2nc1Cl. The maximum absolute atomic E-state index is 6.26. The molecular weight excluding hydrogens is 284 g/mol. The van der Waals surface area contributed by atoms with Crippen LogP contribution in [0.5, 0.6) is 5.75 Å². The summed E-state index contributed by atoms with van der Waals surface area (Å²) in [5.41, 5.74) is 2.80. The van der Waals surface area contributed by atoms with Gasteiger partial charge in [0, 0.05) is 17.5 Å². The van der Waals surface area contributed by atoms with E-state index in [1.54, 1.807) is 7.11 Å². The van der Waals surface area contributed by atoms with E-state index in [9.17, 15) is 0 Å². The average molecular weight is 299 g/mol. The Morgan fingerprint density at radius 3 is 2.71 bits per heavy atom. The van der Waals surface area contributed by atoms with Crippen LogP contribution in [0.15, 0.2) is 54.6 Å². The second kappa shape index (κ2) is 6.02. The van der Waals surface area contributed by atoms with E-state index in [4.69, 9.17) is 16.3 Å². The van der Waals surface area contributed by atoms with E-state index in [0.29, 0.717) is 11.7 Å². The standard InChI is InChI=1S/C17H15ClN2O/c1-21-16-9-5-4-8-15(16)19-11-13-10-12-6-2-3-7-14(12)20-17(13)18/h2-10,19H,11H2,1H3. The summed E-state index contributed by atoms with van der Waals surface area (Å²) >= 11 is 6.26. The molecule has 3 nitrogen and oxygen atoms in total. The molecule has 0 fully saturated rings. The van der Waals surface area contributed by atoms with Crippen LogP contribution < -0.4 is 10.1 Å². The maximum atomic E-state index is 6.26. The van der Waals surface area contributed by atoms with Gasteiger partial charge in [0.1, 0.15) is 10.9 Å². The van der Waals surface area contributed by atoms with Gasteiger partial charge in [0.05, 0.1) is 18.3 Å². The Morgan fingerprint density at radius 1 is 1.10 bits per heavy atom. The summed E-state index contributed by atoms with van der Waals surface area (Å²) in [6.45, 7) is 0.594. The second-order valence-corrected chi connectivity index (χ2v) is 5.04. The van der Waals surface area contributed by atoms with Crippen LogP contribution in [-0.4, -0.2) is 12.1 Å². The first-order valence-electron chi connectivity index (χ1n) is 6.69. The highest BCUT2D eigenvalue weighted by molar-refractivity contribution is 6.30. The largest absolute Gasteiger partial charge is 0.495 e. The number of fused-ring (bicyclic) bond motifs is 1. The van der Waals surface area contributed by atoms with Crippen molar-refractivity contribution < 1.29 is 4.74 Å². The number of rotatable bonds is 4. The van der Waals surface area contributed by atoms with Crippen LogP contribution >= 0.6 is 11.6 Å². The number of para-hydroxylation sites is 3. The van der Waals surface area contributed by atoms with Crippen molar-refractivity contribution in [3.05, 3.63) is 65.3 Å². The predicted octanol–water partition coefficient (Wildman–Crippen LogP) is 4.51. The molecule has 4 heteroatoms. The zero-order valence-corrected chi connectivity index (χ0v) is 12.4. The quantitative estimate of drug-likeness (QED) is 0.720. The number of benzene rings is 2. The summed E-state index contributed by atoms with van der Waals surface area (Å²) in [4.78, 5) is 4.42. The van der Waals surface area contributed by atoms with E-state index in [1.807, 2.05) is 48.5 Å². The number of pyridine rings is 1. The molecule has 0 aliphatic heterocycles. The fourth-order valence-electron chi connectivity index (χ4n) is 2.24. The number of halogens is 1. The number of aromatic nitrogens is 1. The minimum Gasteiger partial charge on any atom is -0.495 e. The Morgan fingerprint density at radius 2 is 1.86 bits per heavy atom. The number of hydrogen-bond donors (Lipinski definition) is 1. The summed E-state index contributed by atoms with van der Waals surface area (Å²) in [6.07, 6.45) is 0. The summed E-state index contributed by atoms with van der Waals surface area (Å²) < 4.78 is 5.32. The van der Waals surface area contributed by atoms with Crippen molar-refractivity contribution in [2.45, 2.75) is 6.54 Å². The molecule has 0 atom stereocenters. The van der Waals surface area contributed by atoms with Crippen molar-refractivity contribution in [2.24, 2.45) is 0 Å². The van der Waals surface area contributed by atoms with Gasteiger partial charge in [0.25, 0.3) is 0 Å². The molecular formula is C17H15ClN2O. The van der Waals surface area contributed by atoms with Crippen LogP contribution in [0.3, 0.4) is 0 Å². The predicted molar refractivity (Wildman–Crippen MR) is 87.1 cm³/mol. The molecule has 0 bridgehead atoms. The topological polar surface area (TPSA) is 34.1 Å². The molecule has 2 aromatic carbocycles. The number of nitrogens with one attached hydrogen (secondary N) is 1. The van der Waals surface area contributed by atoms with E-state index in [1.165, 1.54) is 0 Å². The Kier molecular flexibility index (Phi) is 3.93. The molecule has 3 aromatic rings. The second-order valence-electron chi connectivity index (χ2n) is 4.68. The van der Waals surface area contributed by atoms with Gasteiger partial charge in [0.15, 0.2) is 0 Å². The van der Waals surface area contributed by atoms with Crippen LogP contribution in [0.25, 0.3) is 10.9 Å². The third kappa shape index (κ3) is 2.93. The van der Waals surface area contributed by atoms with Crippen molar-refractivity contribution >= 4 is 28.2 Å². The van der Waals surface area contributed by atoms with Gasteiger partial charge in [-0.2, -0.15) is 0 Å². The van der Waals surface area contributed by atoms with Gasteiger partial charge in [-0.25, -0.2) is 4.98 Å². The maximum Gasteiger partial charge on any atom is 0.141 e. The summed E-state index contributed by atoms with van der Waals surface area (Å²) in [5.74, 6) is 0.808. The lowest BCUT2D eigenvalue weighted by atomic mass is 10.1. The fourth-order valence-corrected chi connectivity index (χ4v) is 2.45.